The van der Waals surface area contributed by atoms with Gasteiger partial charge >= 0.3 is 42.1 Å². The first-order chi connectivity index (χ1) is 23.9. The summed E-state index contributed by atoms with van der Waals surface area (Å²) in [4.78, 5) is 20.3. The van der Waals surface area contributed by atoms with Gasteiger partial charge in [0.1, 0.15) is 35.9 Å². The minimum Gasteiger partial charge on any atom is -0.503 e. The molecule has 0 bridgehead atoms. The van der Waals surface area contributed by atoms with Crippen LogP contribution in [-0.2, 0) is 42.1 Å². The van der Waals surface area contributed by atoms with E-state index in [1.54, 1.807) is 53.1 Å². The van der Waals surface area contributed by atoms with E-state index in [1.165, 1.54) is 12.7 Å². The average Bonchev–Trinajstić information content (AvgIpc) is 3.41. The molecule has 0 aliphatic carbocycles. The second-order valence-corrected chi connectivity index (χ2v) is 10.5. The van der Waals surface area contributed by atoms with Crippen molar-refractivity contribution >= 4 is 21.8 Å². The van der Waals surface area contributed by atoms with Gasteiger partial charge in [0.05, 0.1) is 12.4 Å². The number of fused-ring (bicyclic) bond motifs is 3. The zero-order chi connectivity index (χ0) is 33.5. The third kappa shape index (κ3) is 7.15. The monoisotopic (exact) mass is 1040 g/mol. The molecule has 0 N–H and O–H groups in total. The number of pyridine rings is 2. The Morgan fingerprint density at radius 2 is 0.980 bits per heavy atom. The van der Waals surface area contributed by atoms with Crippen LogP contribution in [0.2, 0.25) is 0 Å². The van der Waals surface area contributed by atoms with Crippen LogP contribution in [0.4, 0.5) is 17.6 Å². The molecular weight excluding hydrogens is 1030 g/mol. The molecule has 0 saturated carbocycles. The molecule has 8 rings (SSSR count). The number of rotatable bonds is 7. The average molecular weight is 1040 g/mol. The summed E-state index contributed by atoms with van der Waals surface area (Å²) in [5.74, 6) is -1.86. The number of halogens is 4. The van der Waals surface area contributed by atoms with Crippen molar-refractivity contribution in [3.8, 4) is 51.5 Å². The Bertz CT molecular complexity index is 2380. The molecule has 4 aromatic heterocycles. The molecular formula is C37H16F4N6O2Pt2. The fourth-order valence-electron chi connectivity index (χ4n) is 5.25. The van der Waals surface area contributed by atoms with Crippen molar-refractivity contribution in [3.05, 3.63) is 145 Å². The van der Waals surface area contributed by atoms with Crippen LogP contribution in [-0.4, -0.2) is 29.5 Å². The fraction of sp³-hybridized carbons (Fsp3) is 0. The van der Waals surface area contributed by atoms with E-state index in [2.05, 4.69) is 49.2 Å². The molecule has 0 spiro atoms. The van der Waals surface area contributed by atoms with Gasteiger partial charge in [-0.25, -0.2) is 32.5 Å². The van der Waals surface area contributed by atoms with Crippen LogP contribution in [0, 0.1) is 47.5 Å². The summed E-state index contributed by atoms with van der Waals surface area (Å²) in [5, 5.41) is 1.54. The Balaban J connectivity index is 0.00000224. The smallest absolute Gasteiger partial charge is 0.503 e. The molecule has 0 aliphatic rings. The number of benzene rings is 4. The van der Waals surface area contributed by atoms with Crippen LogP contribution in [0.15, 0.2) is 97.8 Å². The second kappa shape index (κ2) is 14.9. The summed E-state index contributed by atoms with van der Waals surface area (Å²) < 4.78 is 69.5. The third-order valence-electron chi connectivity index (χ3n) is 7.32. The maximum absolute atomic E-state index is 14.4. The predicted octanol–water partition coefficient (Wildman–Crippen LogP) is 8.43. The van der Waals surface area contributed by atoms with Gasteiger partial charge in [0.25, 0.3) is 0 Å². The Hall–Kier alpha value is -5.31. The summed E-state index contributed by atoms with van der Waals surface area (Å²) >= 11 is 0. The van der Waals surface area contributed by atoms with Gasteiger partial charge < -0.3 is 14.0 Å². The van der Waals surface area contributed by atoms with Crippen molar-refractivity contribution in [1.82, 2.24) is 29.5 Å². The van der Waals surface area contributed by atoms with Gasteiger partial charge in [-0.15, -0.1) is 71.8 Å². The van der Waals surface area contributed by atoms with Crippen molar-refractivity contribution in [2.24, 2.45) is 0 Å². The van der Waals surface area contributed by atoms with Crippen LogP contribution >= 0.6 is 0 Å². The molecule has 8 aromatic rings. The van der Waals surface area contributed by atoms with Crippen molar-refractivity contribution in [2.45, 2.75) is 0 Å². The summed E-state index contributed by atoms with van der Waals surface area (Å²) in [7, 11) is 0. The molecule has 0 saturated heterocycles. The Kier molecular flexibility index (Phi) is 10.4. The predicted molar refractivity (Wildman–Crippen MR) is 169 cm³/mol. The summed E-state index contributed by atoms with van der Waals surface area (Å²) in [5.41, 5.74) is 1.50. The second-order valence-electron chi connectivity index (χ2n) is 10.5. The minimum absolute atomic E-state index is 0. The van der Waals surface area contributed by atoms with E-state index in [4.69, 9.17) is 9.47 Å². The van der Waals surface area contributed by atoms with Crippen molar-refractivity contribution in [3.63, 3.8) is 0 Å². The summed E-state index contributed by atoms with van der Waals surface area (Å²) in [6.07, 6.45) is 4.56. The molecule has 0 aliphatic heterocycles. The summed E-state index contributed by atoms with van der Waals surface area (Å²) in [6.45, 7) is 0. The number of ether oxygens (including phenoxy) is 2. The molecule has 254 valence electrons. The normalized spacial score (nSPS) is 10.8. The number of hydrogen-bond acceptors (Lipinski definition) is 7. The van der Waals surface area contributed by atoms with Crippen LogP contribution in [0.1, 0.15) is 0 Å². The molecule has 4 aromatic carbocycles. The zero-order valence-electron chi connectivity index (χ0n) is 25.4. The topological polar surface area (TPSA) is 87.8 Å². The van der Waals surface area contributed by atoms with Gasteiger partial charge in [0.2, 0.25) is 5.95 Å². The first-order valence-electron chi connectivity index (χ1n) is 14.5. The molecule has 0 radical (unpaired) electrons. The van der Waals surface area contributed by atoms with Crippen LogP contribution in [0.25, 0.3) is 50.3 Å². The van der Waals surface area contributed by atoms with E-state index in [9.17, 15) is 17.6 Å². The largest absolute Gasteiger partial charge is 2.00 e. The molecule has 8 nitrogen and oxygen atoms in total. The van der Waals surface area contributed by atoms with E-state index in [-0.39, 0.29) is 82.1 Å². The van der Waals surface area contributed by atoms with E-state index in [0.717, 1.165) is 35.3 Å². The molecule has 0 atom stereocenters. The molecule has 0 amide bonds. The molecule has 51 heavy (non-hydrogen) atoms. The number of nitrogens with zero attached hydrogens (tertiary/aromatic N) is 6. The Morgan fingerprint density at radius 1 is 0.529 bits per heavy atom. The van der Waals surface area contributed by atoms with Gasteiger partial charge in [-0.3, -0.25) is 9.97 Å². The van der Waals surface area contributed by atoms with E-state index in [1.807, 2.05) is 12.1 Å². The van der Waals surface area contributed by atoms with Crippen LogP contribution < -0.4 is 9.47 Å². The van der Waals surface area contributed by atoms with Gasteiger partial charge in [-0.2, -0.15) is 22.9 Å². The molecule has 0 fully saturated rings. The first-order valence-corrected chi connectivity index (χ1v) is 14.5. The molecule has 4 heterocycles. The summed E-state index contributed by atoms with van der Waals surface area (Å²) in [6, 6.07) is 30.8. The van der Waals surface area contributed by atoms with Crippen molar-refractivity contribution in [2.75, 3.05) is 0 Å². The minimum atomic E-state index is -0.827. The van der Waals surface area contributed by atoms with Crippen molar-refractivity contribution in [1.29, 1.82) is 0 Å². The Morgan fingerprint density at radius 3 is 1.43 bits per heavy atom. The van der Waals surface area contributed by atoms with Crippen LogP contribution in [0.3, 0.4) is 0 Å². The van der Waals surface area contributed by atoms with Gasteiger partial charge in [0, 0.05) is 46.5 Å². The van der Waals surface area contributed by atoms with Gasteiger partial charge in [-0.05, 0) is 0 Å². The number of aromatic nitrogens is 6. The first kappa shape index (κ1) is 35.5. The molecule has 0 unspecified atom stereocenters. The SMILES string of the molecule is Fc1cnc(-c2[c-]c(Oc3[c-]c4c(cc3)c3ccc(Oc5[c-]c(-c6ncc(F)cc6F)ccc5)[c-]c3n4-c3ncncn3)ccc2)c(F)c1.[Pt+2].[Pt+2]. The standard InChI is InChI=1S/C37H16F4N6O2.2Pt/c38-23-13-31(40)35(43-17-23)21-3-1-5-25(11-21)48-27-7-9-29-30-10-8-28(16-34(30)47(33(29)15-27)37-45-19-42-20-46-37)49-26-6-2-4-22(12-26)36-32(41)14-24(39)18-44-36;;/h1-10,13-14,17-20H;;/q-4;2*+2. The van der Waals surface area contributed by atoms with E-state index >= 15 is 0 Å². The van der Waals surface area contributed by atoms with Gasteiger partial charge in [-0.1, -0.05) is 23.2 Å². The number of hydrogen-bond donors (Lipinski definition) is 0. The zero-order valence-corrected chi connectivity index (χ0v) is 29.9. The fourth-order valence-corrected chi connectivity index (χ4v) is 5.25. The maximum Gasteiger partial charge on any atom is 2.00 e. The maximum atomic E-state index is 14.4. The van der Waals surface area contributed by atoms with Crippen LogP contribution in [0.5, 0.6) is 23.0 Å². The van der Waals surface area contributed by atoms with E-state index < -0.39 is 23.3 Å². The Labute approximate surface area is 315 Å². The quantitative estimate of drug-likeness (QED) is 0.117. The van der Waals surface area contributed by atoms with Crippen molar-refractivity contribution < 1.29 is 69.2 Å². The van der Waals surface area contributed by atoms with Gasteiger partial charge in [0.15, 0.2) is 0 Å². The third-order valence-corrected chi connectivity index (χ3v) is 7.32. The van der Waals surface area contributed by atoms with E-state index in [0.29, 0.717) is 22.5 Å². The molecule has 14 heteroatoms.